The minimum absolute atomic E-state index is 0.418. The number of fused-ring (bicyclic) bond motifs is 16. The van der Waals surface area contributed by atoms with Crippen molar-refractivity contribution in [2.24, 2.45) is 0 Å². The Morgan fingerprint density at radius 3 is 1.40 bits per heavy atom. The number of benzene rings is 11. The smallest absolute Gasteiger partial charge is 0.0788 e. The number of aromatic nitrogens is 1. The fourth-order valence-corrected chi connectivity index (χ4v) is 11.7. The molecule has 1 heteroatoms. The Balaban J connectivity index is 1.03. The molecule has 11 aromatic carbocycles. The summed E-state index contributed by atoms with van der Waals surface area (Å²) in [5.41, 5.74) is 18.2. The van der Waals surface area contributed by atoms with Crippen molar-refractivity contribution in [2.45, 2.75) is 5.41 Å². The van der Waals surface area contributed by atoms with Crippen LogP contribution in [-0.2, 0) is 5.41 Å². The van der Waals surface area contributed by atoms with Gasteiger partial charge in [0.2, 0.25) is 0 Å². The van der Waals surface area contributed by atoms with Gasteiger partial charge in [-0.2, -0.15) is 0 Å². The summed E-state index contributed by atoms with van der Waals surface area (Å²) in [4.78, 5) is 5.55. The van der Waals surface area contributed by atoms with Crippen LogP contribution < -0.4 is 0 Å². The number of nitrogens with zero attached hydrogens (tertiary/aromatic N) is 1. The fraction of sp³-hybridized carbons (Fsp3) is 0.0161. The van der Waals surface area contributed by atoms with Gasteiger partial charge in [-0.25, -0.2) is 4.98 Å². The highest BCUT2D eigenvalue weighted by molar-refractivity contribution is 6.22. The quantitative estimate of drug-likeness (QED) is 0.128. The normalized spacial score (nSPS) is 13.2. The maximum Gasteiger partial charge on any atom is 0.0788 e. The van der Waals surface area contributed by atoms with Gasteiger partial charge < -0.3 is 0 Å². The second kappa shape index (κ2) is 12.9. The minimum Gasteiger partial charge on any atom is -0.247 e. The lowest BCUT2D eigenvalue weighted by Gasteiger charge is -2.30. The van der Waals surface area contributed by atoms with Crippen molar-refractivity contribution >= 4 is 54.0 Å². The van der Waals surface area contributed by atoms with E-state index in [1.807, 2.05) is 0 Å². The number of hydrogen-bond donors (Lipinski definition) is 0. The molecular formula is C62H37N. The molecule has 63 heavy (non-hydrogen) atoms. The van der Waals surface area contributed by atoms with Crippen molar-refractivity contribution in [3.05, 3.63) is 247 Å². The molecule has 0 N–H and O–H groups in total. The summed E-state index contributed by atoms with van der Waals surface area (Å²) in [7, 11) is 0. The highest BCUT2D eigenvalue weighted by Crippen LogP contribution is 2.63. The Labute approximate surface area is 365 Å². The number of pyridine rings is 1. The first-order valence-electron chi connectivity index (χ1n) is 22.0. The second-order valence-electron chi connectivity index (χ2n) is 17.3. The SMILES string of the molecule is c1cc(-c2c3ccccc3c(-c3ccc4ccccc4c3)c3ccccc23)cc(-c2nc3ccccc3c3cc4c(cc23)-c2ccccc2C42c3ccccc3-c3ccccc32)c1. The Bertz CT molecular complexity index is 3820. The maximum atomic E-state index is 5.55. The van der Waals surface area contributed by atoms with Crippen molar-refractivity contribution < 1.29 is 0 Å². The maximum absolute atomic E-state index is 5.55. The van der Waals surface area contributed by atoms with E-state index in [-0.39, 0.29) is 0 Å². The molecule has 0 saturated carbocycles. The summed E-state index contributed by atoms with van der Waals surface area (Å²) >= 11 is 0. The van der Waals surface area contributed by atoms with E-state index in [0.717, 1.165) is 22.2 Å². The molecule has 1 heterocycles. The highest BCUT2D eigenvalue weighted by atomic mass is 14.7. The van der Waals surface area contributed by atoms with E-state index in [1.54, 1.807) is 0 Å². The zero-order valence-electron chi connectivity index (χ0n) is 34.3. The second-order valence-corrected chi connectivity index (χ2v) is 17.3. The van der Waals surface area contributed by atoms with Crippen molar-refractivity contribution in [1.82, 2.24) is 4.98 Å². The third kappa shape index (κ3) is 4.69. The topological polar surface area (TPSA) is 12.9 Å². The van der Waals surface area contributed by atoms with Crippen LogP contribution in [0.2, 0.25) is 0 Å². The highest BCUT2D eigenvalue weighted by Gasteiger charge is 2.51. The van der Waals surface area contributed by atoms with Crippen LogP contribution in [0.5, 0.6) is 0 Å². The van der Waals surface area contributed by atoms with Crippen LogP contribution in [0.4, 0.5) is 0 Å². The summed E-state index contributed by atoms with van der Waals surface area (Å²) in [6.07, 6.45) is 0. The molecular weight excluding hydrogens is 759 g/mol. The molecule has 0 radical (unpaired) electrons. The molecule has 0 bridgehead atoms. The van der Waals surface area contributed by atoms with Gasteiger partial charge in [-0.05, 0) is 135 Å². The van der Waals surface area contributed by atoms with Crippen LogP contribution in [0.15, 0.2) is 224 Å². The Kier molecular flexibility index (Phi) is 7.10. The van der Waals surface area contributed by atoms with Gasteiger partial charge in [-0.1, -0.05) is 194 Å². The first-order valence-corrected chi connectivity index (χ1v) is 22.0. The summed E-state index contributed by atoms with van der Waals surface area (Å²) in [6.45, 7) is 0. The first-order chi connectivity index (χ1) is 31.3. The molecule has 0 saturated heterocycles. The van der Waals surface area contributed by atoms with Gasteiger partial charge in [0.25, 0.3) is 0 Å². The molecule has 14 rings (SSSR count). The van der Waals surface area contributed by atoms with Gasteiger partial charge in [0.05, 0.1) is 16.6 Å². The van der Waals surface area contributed by atoms with Gasteiger partial charge in [0, 0.05) is 16.3 Å². The van der Waals surface area contributed by atoms with Gasteiger partial charge in [0.15, 0.2) is 0 Å². The third-order valence-corrected chi connectivity index (χ3v) is 14.2. The predicted molar refractivity (Wildman–Crippen MR) is 264 cm³/mol. The van der Waals surface area contributed by atoms with E-state index in [4.69, 9.17) is 4.98 Å². The average molecular weight is 796 g/mol. The van der Waals surface area contributed by atoms with Gasteiger partial charge in [-0.3, -0.25) is 0 Å². The minimum atomic E-state index is -0.418. The Morgan fingerprint density at radius 1 is 0.270 bits per heavy atom. The van der Waals surface area contributed by atoms with Crippen molar-refractivity contribution in [3.63, 3.8) is 0 Å². The van der Waals surface area contributed by atoms with E-state index < -0.39 is 5.41 Å². The molecule has 0 amide bonds. The van der Waals surface area contributed by atoms with E-state index in [9.17, 15) is 0 Å². The van der Waals surface area contributed by atoms with Gasteiger partial charge in [0.1, 0.15) is 0 Å². The van der Waals surface area contributed by atoms with Crippen molar-refractivity contribution in [3.8, 4) is 55.8 Å². The standard InChI is InChI=1S/C62H37N/c1-2-17-39-34-41(33-32-38(39)16-1)60-49-26-5-3-24-47(49)59(48-25-4-6-27-50(48)60)40-18-15-19-42(35-40)61-53-36-52-45-22-9-13-30-56(45)62(57(52)37-51(53)46-23-10-14-31-58(46)63-61)54-28-11-7-20-43(54)44-21-8-12-29-55(44)62/h1-37H. The molecule has 1 aromatic heterocycles. The van der Waals surface area contributed by atoms with E-state index in [0.29, 0.717) is 0 Å². The molecule has 1 spiro atoms. The molecule has 12 aromatic rings. The van der Waals surface area contributed by atoms with Gasteiger partial charge >= 0.3 is 0 Å². The van der Waals surface area contributed by atoms with Crippen LogP contribution in [0, 0.1) is 0 Å². The summed E-state index contributed by atoms with van der Waals surface area (Å²) in [6, 6.07) is 83.4. The first kappa shape index (κ1) is 34.6. The van der Waals surface area contributed by atoms with E-state index in [2.05, 4.69) is 224 Å². The zero-order valence-corrected chi connectivity index (χ0v) is 34.3. The monoisotopic (exact) mass is 795 g/mol. The molecule has 0 unspecified atom stereocenters. The fourth-order valence-electron chi connectivity index (χ4n) is 11.7. The lowest BCUT2D eigenvalue weighted by molar-refractivity contribution is 0.795. The summed E-state index contributed by atoms with van der Waals surface area (Å²) < 4.78 is 0. The molecule has 0 fully saturated rings. The van der Waals surface area contributed by atoms with Crippen LogP contribution >= 0.6 is 0 Å². The lowest BCUT2D eigenvalue weighted by Crippen LogP contribution is -2.25. The zero-order chi connectivity index (χ0) is 41.2. The number of hydrogen-bond acceptors (Lipinski definition) is 1. The molecule has 2 aliphatic carbocycles. The predicted octanol–water partition coefficient (Wildman–Crippen LogP) is 16.2. The molecule has 290 valence electrons. The lowest BCUT2D eigenvalue weighted by atomic mass is 9.70. The third-order valence-electron chi connectivity index (χ3n) is 14.2. The van der Waals surface area contributed by atoms with Crippen LogP contribution in [-0.4, -0.2) is 4.98 Å². The average Bonchev–Trinajstić information content (AvgIpc) is 3.81. The van der Waals surface area contributed by atoms with Crippen molar-refractivity contribution in [1.29, 1.82) is 0 Å². The molecule has 0 aliphatic heterocycles. The van der Waals surface area contributed by atoms with Crippen molar-refractivity contribution in [2.75, 3.05) is 0 Å². The van der Waals surface area contributed by atoms with E-state index in [1.165, 1.54) is 110 Å². The molecule has 1 nitrogen and oxygen atoms in total. The molecule has 2 aliphatic rings. The molecule has 0 atom stereocenters. The van der Waals surface area contributed by atoms with Gasteiger partial charge in [-0.15, -0.1) is 0 Å². The van der Waals surface area contributed by atoms with E-state index >= 15 is 0 Å². The summed E-state index contributed by atoms with van der Waals surface area (Å²) in [5, 5.41) is 11.0. The Hall–Kier alpha value is -8.13. The largest absolute Gasteiger partial charge is 0.247 e. The summed E-state index contributed by atoms with van der Waals surface area (Å²) in [5.74, 6) is 0. The van der Waals surface area contributed by atoms with Crippen LogP contribution in [0.1, 0.15) is 22.3 Å². The number of rotatable bonds is 3. The van der Waals surface area contributed by atoms with Crippen LogP contribution in [0.3, 0.4) is 0 Å². The Morgan fingerprint density at radius 2 is 0.762 bits per heavy atom. The van der Waals surface area contributed by atoms with Crippen LogP contribution in [0.25, 0.3) is 110 Å². The number of para-hydroxylation sites is 1.